The van der Waals surface area contributed by atoms with Crippen LogP contribution in [0.25, 0.3) is 22.1 Å². The summed E-state index contributed by atoms with van der Waals surface area (Å²) in [4.78, 5) is 48.1. The number of unbranched alkanes of at least 4 members (excludes halogenated alkanes) is 2. The van der Waals surface area contributed by atoms with E-state index in [-0.39, 0.29) is 34.5 Å². The fourth-order valence-electron chi connectivity index (χ4n) is 5.28. The van der Waals surface area contributed by atoms with Crippen molar-refractivity contribution in [2.75, 3.05) is 22.1 Å². The first-order chi connectivity index (χ1) is 22.3. The molecule has 4 rings (SSSR count). The number of fused-ring (bicyclic) bond motifs is 2. The molecule has 0 fully saturated rings. The standard InChI is InChI=1S/C17H24FN5O.C17H25N5O/c1-4-5-7-17(3,8-6-11(2)24)23-15-14-13(21-16(19)22-15)9-12(18)10-20-14;1-4-5-9-17(3,10-8-12(2)23)22-15-14-13(7-6-11-19-14)20-16(18)21-15/h9-10H,4-8H2,1-3H3,(H3,19,21,22,23);6-7,11H,4-5,8-10H2,1-3H3,(H3,18,20,21,22)/t2*17-/m00/s1. The van der Waals surface area contributed by atoms with E-state index in [0.717, 1.165) is 51.1 Å². The molecule has 0 aliphatic rings. The van der Waals surface area contributed by atoms with E-state index in [4.69, 9.17) is 11.5 Å². The number of halogens is 1. The van der Waals surface area contributed by atoms with Crippen LogP contribution in [-0.2, 0) is 9.59 Å². The van der Waals surface area contributed by atoms with Gasteiger partial charge < -0.3 is 31.7 Å². The summed E-state index contributed by atoms with van der Waals surface area (Å²) in [7, 11) is 0. The molecule has 0 saturated carbocycles. The number of Topliss-reactive ketones (excluding diaryl/α,β-unsaturated/α-hetero) is 2. The molecule has 0 spiro atoms. The topological polar surface area (TPSA) is 188 Å². The van der Waals surface area contributed by atoms with E-state index < -0.39 is 5.82 Å². The third-order valence-corrected chi connectivity index (χ3v) is 8.05. The lowest BCUT2D eigenvalue weighted by Crippen LogP contribution is -2.36. The van der Waals surface area contributed by atoms with Crippen molar-refractivity contribution in [2.24, 2.45) is 0 Å². The predicted octanol–water partition coefficient (Wildman–Crippen LogP) is 6.81. The van der Waals surface area contributed by atoms with Crippen molar-refractivity contribution in [1.82, 2.24) is 29.9 Å². The summed E-state index contributed by atoms with van der Waals surface area (Å²) < 4.78 is 13.4. The van der Waals surface area contributed by atoms with Gasteiger partial charge in [0.1, 0.15) is 28.4 Å². The molecule has 254 valence electrons. The molecule has 2 atom stereocenters. The van der Waals surface area contributed by atoms with Gasteiger partial charge in [0.15, 0.2) is 11.6 Å². The van der Waals surface area contributed by atoms with Crippen LogP contribution in [0.4, 0.5) is 27.9 Å². The molecule has 4 heterocycles. The third kappa shape index (κ3) is 11.3. The molecule has 4 aromatic heterocycles. The average Bonchev–Trinajstić information content (AvgIpc) is 3.01. The lowest BCUT2D eigenvalue weighted by atomic mass is 9.89. The van der Waals surface area contributed by atoms with Gasteiger partial charge in [0.05, 0.1) is 17.2 Å². The van der Waals surface area contributed by atoms with Gasteiger partial charge in [-0.1, -0.05) is 39.5 Å². The average molecular weight is 649 g/mol. The van der Waals surface area contributed by atoms with Crippen LogP contribution in [0.2, 0.25) is 0 Å². The largest absolute Gasteiger partial charge is 0.368 e. The second kappa shape index (κ2) is 16.8. The molecule has 0 unspecified atom stereocenters. The van der Waals surface area contributed by atoms with Crippen molar-refractivity contribution >= 4 is 57.2 Å². The van der Waals surface area contributed by atoms with Gasteiger partial charge in [0.25, 0.3) is 0 Å². The van der Waals surface area contributed by atoms with Gasteiger partial charge in [-0.25, -0.2) is 19.3 Å². The summed E-state index contributed by atoms with van der Waals surface area (Å²) >= 11 is 0. The van der Waals surface area contributed by atoms with E-state index in [9.17, 15) is 14.0 Å². The van der Waals surface area contributed by atoms with Gasteiger partial charge in [-0.15, -0.1) is 0 Å². The number of carbonyl (C=O) groups excluding carboxylic acids is 2. The van der Waals surface area contributed by atoms with Crippen LogP contribution in [0.5, 0.6) is 0 Å². The van der Waals surface area contributed by atoms with E-state index in [0.29, 0.717) is 53.0 Å². The predicted molar refractivity (Wildman–Crippen MR) is 186 cm³/mol. The number of ketones is 2. The molecular weight excluding hydrogens is 599 g/mol. The molecule has 0 aliphatic heterocycles. The number of aromatic nitrogens is 6. The Kier molecular flexibility index (Phi) is 13.2. The van der Waals surface area contributed by atoms with Crippen molar-refractivity contribution in [1.29, 1.82) is 0 Å². The lowest BCUT2D eigenvalue weighted by molar-refractivity contribution is -0.118. The van der Waals surface area contributed by atoms with E-state index in [1.54, 1.807) is 20.0 Å². The molecule has 12 nitrogen and oxygen atoms in total. The van der Waals surface area contributed by atoms with Gasteiger partial charge in [-0.05, 0) is 65.5 Å². The minimum Gasteiger partial charge on any atom is -0.368 e. The number of nitrogens with two attached hydrogens (primary N) is 2. The Bertz CT molecular complexity index is 1660. The summed E-state index contributed by atoms with van der Waals surface area (Å²) in [6, 6.07) is 4.97. The Morgan fingerprint density at radius 2 is 1.26 bits per heavy atom. The molecule has 13 heteroatoms. The molecule has 0 aliphatic carbocycles. The number of nitrogen functional groups attached to an aromatic ring is 2. The normalized spacial score (nSPS) is 13.7. The van der Waals surface area contributed by atoms with Gasteiger partial charge in [-0.2, -0.15) is 9.97 Å². The summed E-state index contributed by atoms with van der Waals surface area (Å²) in [5.74, 6) is 1.25. The summed E-state index contributed by atoms with van der Waals surface area (Å²) in [6.45, 7) is 11.7. The van der Waals surface area contributed by atoms with Crippen molar-refractivity contribution in [3.05, 3.63) is 36.4 Å². The van der Waals surface area contributed by atoms with Gasteiger partial charge in [0.2, 0.25) is 11.9 Å². The first-order valence-electron chi connectivity index (χ1n) is 16.3. The zero-order chi connectivity index (χ0) is 34.6. The molecule has 47 heavy (non-hydrogen) atoms. The Morgan fingerprint density at radius 3 is 1.74 bits per heavy atom. The fourth-order valence-corrected chi connectivity index (χ4v) is 5.28. The summed E-state index contributed by atoms with van der Waals surface area (Å²) in [5, 5.41) is 6.86. The van der Waals surface area contributed by atoms with Crippen LogP contribution in [0, 0.1) is 5.82 Å². The van der Waals surface area contributed by atoms with Gasteiger partial charge >= 0.3 is 0 Å². The Labute approximate surface area is 276 Å². The minimum atomic E-state index is -0.475. The van der Waals surface area contributed by atoms with E-state index in [1.165, 1.54) is 6.07 Å². The van der Waals surface area contributed by atoms with Crippen molar-refractivity contribution in [3.63, 3.8) is 0 Å². The van der Waals surface area contributed by atoms with Crippen LogP contribution in [0.3, 0.4) is 0 Å². The number of carbonyl (C=O) groups is 2. The molecule has 6 N–H and O–H groups in total. The highest BCUT2D eigenvalue weighted by atomic mass is 19.1. The maximum absolute atomic E-state index is 13.4. The molecule has 0 aromatic carbocycles. The lowest BCUT2D eigenvalue weighted by Gasteiger charge is -2.31. The third-order valence-electron chi connectivity index (χ3n) is 8.05. The SMILES string of the molecule is CCCC[C@@](C)(CCC(C)=O)Nc1nc(N)nc2cc(F)cnc12.CCCC[C@@](C)(CCC(C)=O)Nc1nc(N)nc2cccnc12. The number of anilines is 4. The smallest absolute Gasteiger partial charge is 0.222 e. The first kappa shape index (κ1) is 36.9. The summed E-state index contributed by atoms with van der Waals surface area (Å²) in [6.07, 6.45) is 11.4. The number of hydrogen-bond donors (Lipinski definition) is 4. The second-order valence-electron chi connectivity index (χ2n) is 12.7. The number of nitrogens with one attached hydrogen (secondary N) is 2. The van der Waals surface area contributed by atoms with Crippen molar-refractivity contribution in [2.45, 2.75) is 117 Å². The molecule has 4 aromatic rings. The van der Waals surface area contributed by atoms with E-state index >= 15 is 0 Å². The minimum absolute atomic E-state index is 0.0572. The highest BCUT2D eigenvalue weighted by Crippen LogP contribution is 2.30. The number of nitrogens with zero attached hydrogens (tertiary/aromatic N) is 6. The van der Waals surface area contributed by atoms with Crippen molar-refractivity contribution < 1.29 is 14.0 Å². The Hall–Kier alpha value is -4.55. The van der Waals surface area contributed by atoms with Crippen LogP contribution in [0.15, 0.2) is 30.6 Å². The quantitative estimate of drug-likeness (QED) is 0.0995. The Balaban J connectivity index is 0.000000256. The maximum atomic E-state index is 13.4. The zero-order valence-electron chi connectivity index (χ0n) is 28.5. The monoisotopic (exact) mass is 648 g/mol. The summed E-state index contributed by atoms with van der Waals surface area (Å²) in [5.41, 5.74) is 13.3. The van der Waals surface area contributed by atoms with E-state index in [2.05, 4.69) is 68.2 Å². The first-order valence-corrected chi connectivity index (χ1v) is 16.3. The fraction of sp³-hybridized carbons (Fsp3) is 0.529. The highest BCUT2D eigenvalue weighted by Gasteiger charge is 2.27. The maximum Gasteiger partial charge on any atom is 0.222 e. The van der Waals surface area contributed by atoms with Crippen molar-refractivity contribution in [3.8, 4) is 0 Å². The van der Waals surface area contributed by atoms with Crippen LogP contribution in [0.1, 0.15) is 106 Å². The number of hydrogen-bond acceptors (Lipinski definition) is 12. The second-order valence-corrected chi connectivity index (χ2v) is 12.7. The van der Waals surface area contributed by atoms with Crippen LogP contribution in [-0.4, -0.2) is 52.5 Å². The highest BCUT2D eigenvalue weighted by molar-refractivity contribution is 5.87. The molecular formula is C34H49FN10O2. The van der Waals surface area contributed by atoms with Gasteiger partial charge in [-0.3, -0.25) is 4.98 Å². The Morgan fingerprint density at radius 1 is 0.766 bits per heavy atom. The van der Waals surface area contributed by atoms with E-state index in [1.807, 2.05) is 12.1 Å². The number of rotatable bonds is 16. The van der Waals surface area contributed by atoms with Crippen LogP contribution >= 0.6 is 0 Å². The molecule has 0 radical (unpaired) electrons. The van der Waals surface area contributed by atoms with Crippen LogP contribution < -0.4 is 22.1 Å². The zero-order valence-corrected chi connectivity index (χ0v) is 28.5. The number of pyridine rings is 2. The van der Waals surface area contributed by atoms with Gasteiger partial charge in [0, 0.05) is 36.2 Å². The molecule has 0 bridgehead atoms. The molecule has 0 amide bonds. The molecule has 0 saturated heterocycles.